The number of imidazole rings is 1. The number of hydrogen-bond acceptors (Lipinski definition) is 3. The predicted molar refractivity (Wildman–Crippen MR) is 95.4 cm³/mol. The van der Waals surface area contributed by atoms with Gasteiger partial charge in [0.2, 0.25) is 0 Å². The van der Waals surface area contributed by atoms with Gasteiger partial charge in [-0.2, -0.15) is 0 Å². The predicted octanol–water partition coefficient (Wildman–Crippen LogP) is 3.37. The van der Waals surface area contributed by atoms with Gasteiger partial charge in [-0.3, -0.25) is 0 Å². The van der Waals surface area contributed by atoms with E-state index in [0.29, 0.717) is 0 Å². The molecule has 0 amide bonds. The molecule has 0 atom stereocenters. The number of piperidine rings is 1. The topological polar surface area (TPSA) is 41.4 Å². The van der Waals surface area contributed by atoms with E-state index in [1.165, 1.54) is 23.9 Å². The van der Waals surface area contributed by atoms with E-state index in [0.717, 1.165) is 36.9 Å². The quantitative estimate of drug-likeness (QED) is 0.889. The smallest absolute Gasteiger partial charge is 0.138 e. The molecule has 0 aliphatic carbocycles. The maximum atomic E-state index is 4.68. The molecule has 1 saturated heterocycles. The third kappa shape index (κ3) is 3.42. The second kappa shape index (κ2) is 6.36. The van der Waals surface area contributed by atoms with E-state index in [4.69, 9.17) is 0 Å². The van der Waals surface area contributed by atoms with Crippen LogP contribution >= 0.6 is 0 Å². The van der Waals surface area contributed by atoms with E-state index in [-0.39, 0.29) is 5.54 Å². The van der Waals surface area contributed by atoms with E-state index >= 15 is 0 Å². The fraction of sp³-hybridized carbons (Fsp3) is 0.526. The van der Waals surface area contributed by atoms with E-state index < -0.39 is 0 Å². The molecule has 3 rings (SSSR count). The number of allylic oxidation sites excluding steroid dienone is 1. The van der Waals surface area contributed by atoms with Crippen LogP contribution in [0.5, 0.6) is 0 Å². The Kier molecular flexibility index (Phi) is 4.44. The summed E-state index contributed by atoms with van der Waals surface area (Å²) in [5, 5.41) is 7.04. The zero-order valence-corrected chi connectivity index (χ0v) is 14.5. The van der Waals surface area contributed by atoms with Crippen molar-refractivity contribution in [3.8, 4) is 0 Å². The summed E-state index contributed by atoms with van der Waals surface area (Å²) in [6, 6.07) is 4.20. The Hall–Kier alpha value is -1.81. The molecule has 4 heteroatoms. The molecule has 1 fully saturated rings. The maximum absolute atomic E-state index is 4.68. The van der Waals surface area contributed by atoms with Gasteiger partial charge in [0.05, 0.1) is 17.3 Å². The minimum Gasteiger partial charge on any atom is -0.377 e. The van der Waals surface area contributed by atoms with Gasteiger partial charge in [0.15, 0.2) is 0 Å². The Morgan fingerprint density at radius 3 is 2.91 bits per heavy atom. The van der Waals surface area contributed by atoms with Gasteiger partial charge in [0, 0.05) is 11.9 Å². The van der Waals surface area contributed by atoms with Crippen molar-refractivity contribution in [2.75, 3.05) is 13.1 Å². The highest BCUT2D eigenvalue weighted by Crippen LogP contribution is 2.25. The van der Waals surface area contributed by atoms with Gasteiger partial charge in [-0.05, 0) is 70.7 Å². The lowest BCUT2D eigenvalue weighted by Crippen LogP contribution is -2.38. The van der Waals surface area contributed by atoms with E-state index in [1.807, 2.05) is 6.20 Å². The molecular formula is C19H28N4. The molecule has 2 aromatic rings. The van der Waals surface area contributed by atoms with Gasteiger partial charge in [-0.15, -0.1) is 0 Å². The number of rotatable bonds is 5. The highest BCUT2D eigenvalue weighted by molar-refractivity contribution is 5.53. The minimum absolute atomic E-state index is 0.246. The Labute approximate surface area is 139 Å². The average Bonchev–Trinajstić information content (AvgIpc) is 2.94. The first-order valence-electron chi connectivity index (χ1n) is 8.57. The maximum Gasteiger partial charge on any atom is 0.138 e. The summed E-state index contributed by atoms with van der Waals surface area (Å²) in [5.74, 6) is 1.77. The summed E-state index contributed by atoms with van der Waals surface area (Å²) in [5.41, 5.74) is 3.28. The number of nitrogens with one attached hydrogen (secondary N) is 2. The van der Waals surface area contributed by atoms with Gasteiger partial charge in [0.25, 0.3) is 0 Å². The molecule has 2 N–H and O–H groups in total. The molecule has 23 heavy (non-hydrogen) atoms. The van der Waals surface area contributed by atoms with Crippen molar-refractivity contribution in [2.24, 2.45) is 5.92 Å². The molecule has 0 radical (unpaired) electrons. The summed E-state index contributed by atoms with van der Waals surface area (Å²) >= 11 is 0. The fourth-order valence-corrected chi connectivity index (χ4v) is 3.61. The van der Waals surface area contributed by atoms with Crippen LogP contribution in [0, 0.1) is 12.8 Å². The largest absolute Gasteiger partial charge is 0.377 e. The van der Waals surface area contributed by atoms with Crippen LogP contribution in [0.2, 0.25) is 0 Å². The third-order valence-electron chi connectivity index (χ3n) is 4.82. The first-order chi connectivity index (χ1) is 11.0. The zero-order valence-electron chi connectivity index (χ0n) is 14.5. The number of aryl methyl sites for hydroxylation is 1. The zero-order chi connectivity index (χ0) is 16.4. The summed E-state index contributed by atoms with van der Waals surface area (Å²) in [7, 11) is 0. The average molecular weight is 312 g/mol. The number of nitrogens with zero attached hydrogens (tertiary/aromatic N) is 2. The molecule has 124 valence electrons. The number of aromatic nitrogens is 2. The normalized spacial score (nSPS) is 16.7. The van der Waals surface area contributed by atoms with Gasteiger partial charge in [-0.25, -0.2) is 4.98 Å². The van der Waals surface area contributed by atoms with E-state index in [1.54, 1.807) is 0 Å². The van der Waals surface area contributed by atoms with Crippen molar-refractivity contribution in [1.82, 2.24) is 20.0 Å². The fourth-order valence-electron chi connectivity index (χ4n) is 3.61. The molecular weight excluding hydrogens is 284 g/mol. The van der Waals surface area contributed by atoms with Crippen molar-refractivity contribution in [1.29, 1.82) is 0 Å². The third-order valence-corrected chi connectivity index (χ3v) is 4.82. The second-order valence-electron chi connectivity index (χ2n) is 7.28. The summed E-state index contributed by atoms with van der Waals surface area (Å²) in [6.07, 6.45) is 7.58. The molecule has 4 nitrogen and oxygen atoms in total. The molecule has 1 aliphatic rings. The lowest BCUT2D eigenvalue weighted by molar-refractivity contribution is 0.345. The summed E-state index contributed by atoms with van der Waals surface area (Å²) in [6.45, 7) is 13.0. The van der Waals surface area contributed by atoms with Gasteiger partial charge < -0.3 is 15.0 Å². The number of hydrogen-bond donors (Lipinski definition) is 2. The van der Waals surface area contributed by atoms with Crippen LogP contribution in [0.25, 0.3) is 5.52 Å². The van der Waals surface area contributed by atoms with Gasteiger partial charge in [0.1, 0.15) is 5.82 Å². The molecule has 0 spiro atoms. The van der Waals surface area contributed by atoms with Crippen LogP contribution < -0.4 is 10.6 Å². The molecule has 0 unspecified atom stereocenters. The van der Waals surface area contributed by atoms with Crippen molar-refractivity contribution in [2.45, 2.75) is 45.6 Å². The van der Waals surface area contributed by atoms with Crippen LogP contribution in [-0.4, -0.2) is 22.5 Å². The molecule has 0 aromatic carbocycles. The SMILES string of the molecule is C=C(CC1CCNCC1)NC(C)(C)c1ncc2c(C)cccn12. The van der Waals surface area contributed by atoms with Crippen molar-refractivity contribution < 1.29 is 0 Å². The van der Waals surface area contributed by atoms with Gasteiger partial charge in [-0.1, -0.05) is 12.6 Å². The number of fused-ring (bicyclic) bond motifs is 1. The number of pyridine rings is 1. The highest BCUT2D eigenvalue weighted by Gasteiger charge is 2.27. The molecule has 0 saturated carbocycles. The standard InChI is InChI=1S/C19H28N4/c1-14-6-5-11-23-17(14)13-21-18(23)19(3,4)22-15(2)12-16-7-9-20-10-8-16/h5-6,11,13,16,20,22H,2,7-10,12H2,1,3-4H3. The molecule has 0 bridgehead atoms. The lowest BCUT2D eigenvalue weighted by Gasteiger charge is -2.30. The summed E-state index contributed by atoms with van der Waals surface area (Å²) in [4.78, 5) is 4.68. The Morgan fingerprint density at radius 1 is 1.43 bits per heavy atom. The highest BCUT2D eigenvalue weighted by atomic mass is 15.1. The molecule has 1 aliphatic heterocycles. The Morgan fingerprint density at radius 2 is 2.17 bits per heavy atom. The Bertz CT molecular complexity index is 692. The van der Waals surface area contributed by atoms with Crippen LogP contribution in [0.4, 0.5) is 0 Å². The van der Waals surface area contributed by atoms with Gasteiger partial charge >= 0.3 is 0 Å². The second-order valence-corrected chi connectivity index (χ2v) is 7.28. The van der Waals surface area contributed by atoms with Crippen molar-refractivity contribution >= 4 is 5.52 Å². The first-order valence-corrected chi connectivity index (χ1v) is 8.57. The lowest BCUT2D eigenvalue weighted by atomic mass is 9.92. The van der Waals surface area contributed by atoms with Crippen LogP contribution in [-0.2, 0) is 5.54 Å². The minimum atomic E-state index is -0.246. The Balaban J connectivity index is 1.74. The molecule has 2 aromatic heterocycles. The first kappa shape index (κ1) is 16.1. The summed E-state index contributed by atoms with van der Waals surface area (Å²) < 4.78 is 2.18. The van der Waals surface area contributed by atoms with Crippen molar-refractivity contribution in [3.63, 3.8) is 0 Å². The van der Waals surface area contributed by atoms with E-state index in [2.05, 4.69) is 65.7 Å². The van der Waals surface area contributed by atoms with Crippen molar-refractivity contribution in [3.05, 3.63) is 48.2 Å². The monoisotopic (exact) mass is 312 g/mol. The van der Waals surface area contributed by atoms with Crippen LogP contribution in [0.15, 0.2) is 36.8 Å². The van der Waals surface area contributed by atoms with Crippen LogP contribution in [0.1, 0.15) is 44.5 Å². The van der Waals surface area contributed by atoms with Crippen LogP contribution in [0.3, 0.4) is 0 Å². The molecule has 3 heterocycles. The van der Waals surface area contributed by atoms with E-state index in [9.17, 15) is 0 Å².